The molecule has 0 atom stereocenters. The lowest BCUT2D eigenvalue weighted by atomic mass is 10.1. The Labute approximate surface area is 120 Å². The molecular weight excluding hydrogens is 258 g/mol. The van der Waals surface area contributed by atoms with Crippen LogP contribution >= 0.6 is 11.6 Å². The molecule has 0 aromatic heterocycles. The van der Waals surface area contributed by atoms with Gasteiger partial charge in [0.1, 0.15) is 0 Å². The summed E-state index contributed by atoms with van der Waals surface area (Å²) in [5.41, 5.74) is 1.78. The minimum Gasteiger partial charge on any atom is -0.352 e. The maximum atomic E-state index is 12.1. The highest BCUT2D eigenvalue weighted by molar-refractivity contribution is 6.30. The molecule has 1 aromatic rings. The first-order valence-corrected chi connectivity index (χ1v) is 7.15. The average Bonchev–Trinajstić information content (AvgIpc) is 2.35. The first-order valence-electron chi connectivity index (χ1n) is 6.77. The minimum atomic E-state index is 0.0236. The summed E-state index contributed by atoms with van der Waals surface area (Å²) >= 11 is 5.96. The summed E-state index contributed by atoms with van der Waals surface area (Å²) in [5, 5.41) is 3.65. The van der Waals surface area contributed by atoms with Gasteiger partial charge in [-0.2, -0.15) is 0 Å². The van der Waals surface area contributed by atoms with E-state index in [0.717, 1.165) is 24.0 Å². The Morgan fingerprint density at radius 2 is 2.16 bits per heavy atom. The Balaban J connectivity index is 2.84. The molecule has 0 unspecified atom stereocenters. The Bertz CT molecular complexity index is 452. The smallest absolute Gasteiger partial charge is 0.247 e. The molecule has 1 N–H and O–H groups in total. The van der Waals surface area contributed by atoms with E-state index in [0.29, 0.717) is 17.5 Å². The maximum Gasteiger partial charge on any atom is 0.247 e. The fourth-order valence-electron chi connectivity index (χ4n) is 1.73. The van der Waals surface area contributed by atoms with E-state index in [1.807, 2.05) is 30.3 Å². The van der Waals surface area contributed by atoms with E-state index in [-0.39, 0.29) is 5.91 Å². The lowest BCUT2D eigenvalue weighted by Crippen LogP contribution is -2.28. The number of hydrogen-bond donors (Lipinski definition) is 1. The molecule has 0 heterocycles. The van der Waals surface area contributed by atoms with E-state index in [1.54, 1.807) is 0 Å². The third-order valence-electron chi connectivity index (χ3n) is 2.67. The van der Waals surface area contributed by atoms with Gasteiger partial charge in [-0.05, 0) is 36.1 Å². The van der Waals surface area contributed by atoms with Crippen molar-refractivity contribution < 1.29 is 4.79 Å². The van der Waals surface area contributed by atoms with E-state index >= 15 is 0 Å². The molecule has 0 radical (unpaired) electrons. The molecule has 0 spiro atoms. The molecule has 1 aromatic carbocycles. The SMILES string of the molecule is CCC/C(=C\c1cccc(Cl)c1)C(=O)NCC(C)C. The second-order valence-corrected chi connectivity index (χ2v) is 5.51. The molecule has 0 saturated carbocycles. The monoisotopic (exact) mass is 279 g/mol. The lowest BCUT2D eigenvalue weighted by Gasteiger charge is -2.10. The van der Waals surface area contributed by atoms with Crippen LogP contribution in [-0.2, 0) is 4.79 Å². The van der Waals surface area contributed by atoms with Gasteiger partial charge in [0.05, 0.1) is 0 Å². The topological polar surface area (TPSA) is 29.1 Å². The van der Waals surface area contributed by atoms with Crippen LogP contribution in [0.5, 0.6) is 0 Å². The Kier molecular flexibility index (Phi) is 6.65. The molecule has 3 heteroatoms. The van der Waals surface area contributed by atoms with Gasteiger partial charge in [0.15, 0.2) is 0 Å². The van der Waals surface area contributed by atoms with Gasteiger partial charge in [-0.25, -0.2) is 0 Å². The number of amides is 1. The highest BCUT2D eigenvalue weighted by Crippen LogP contribution is 2.16. The summed E-state index contributed by atoms with van der Waals surface area (Å²) in [6.07, 6.45) is 3.64. The summed E-state index contributed by atoms with van der Waals surface area (Å²) in [6.45, 7) is 6.94. The molecule has 2 nitrogen and oxygen atoms in total. The van der Waals surface area contributed by atoms with Gasteiger partial charge in [-0.3, -0.25) is 4.79 Å². The van der Waals surface area contributed by atoms with Gasteiger partial charge in [0.25, 0.3) is 0 Å². The van der Waals surface area contributed by atoms with E-state index in [2.05, 4.69) is 26.1 Å². The molecule has 0 aliphatic carbocycles. The minimum absolute atomic E-state index is 0.0236. The van der Waals surface area contributed by atoms with Crippen molar-refractivity contribution >= 4 is 23.6 Å². The van der Waals surface area contributed by atoms with Crippen LogP contribution in [0.2, 0.25) is 5.02 Å². The lowest BCUT2D eigenvalue weighted by molar-refractivity contribution is -0.117. The largest absolute Gasteiger partial charge is 0.352 e. The molecule has 1 amide bonds. The van der Waals surface area contributed by atoms with Crippen LogP contribution in [0.3, 0.4) is 0 Å². The molecule has 1 rings (SSSR count). The zero-order valence-corrected chi connectivity index (χ0v) is 12.6. The molecule has 0 aliphatic heterocycles. The third-order valence-corrected chi connectivity index (χ3v) is 2.91. The fourth-order valence-corrected chi connectivity index (χ4v) is 1.93. The molecule has 0 bridgehead atoms. The van der Waals surface area contributed by atoms with Crippen molar-refractivity contribution in [2.45, 2.75) is 33.6 Å². The van der Waals surface area contributed by atoms with Crippen molar-refractivity contribution in [1.29, 1.82) is 0 Å². The average molecular weight is 280 g/mol. The Morgan fingerprint density at radius 1 is 1.42 bits per heavy atom. The van der Waals surface area contributed by atoms with Gasteiger partial charge < -0.3 is 5.32 Å². The highest BCUT2D eigenvalue weighted by atomic mass is 35.5. The van der Waals surface area contributed by atoms with Gasteiger partial charge in [-0.1, -0.05) is 50.9 Å². The van der Waals surface area contributed by atoms with Crippen LogP contribution < -0.4 is 5.32 Å². The van der Waals surface area contributed by atoms with Crippen molar-refractivity contribution in [3.05, 3.63) is 40.4 Å². The van der Waals surface area contributed by atoms with E-state index in [4.69, 9.17) is 11.6 Å². The summed E-state index contributed by atoms with van der Waals surface area (Å²) in [7, 11) is 0. The molecule has 0 saturated heterocycles. The van der Waals surface area contributed by atoms with Crippen LogP contribution in [0.25, 0.3) is 6.08 Å². The second-order valence-electron chi connectivity index (χ2n) is 5.08. The standard InChI is InChI=1S/C16H22ClNO/c1-4-6-14(16(19)18-11-12(2)3)9-13-7-5-8-15(17)10-13/h5,7-10,12H,4,6,11H2,1-3H3,(H,18,19)/b14-9+. The number of carbonyl (C=O) groups is 1. The maximum absolute atomic E-state index is 12.1. The zero-order chi connectivity index (χ0) is 14.3. The molecule has 19 heavy (non-hydrogen) atoms. The summed E-state index contributed by atoms with van der Waals surface area (Å²) in [6, 6.07) is 7.55. The number of hydrogen-bond acceptors (Lipinski definition) is 1. The van der Waals surface area contributed by atoms with Crippen molar-refractivity contribution in [2.24, 2.45) is 5.92 Å². The van der Waals surface area contributed by atoms with Crippen LogP contribution in [-0.4, -0.2) is 12.5 Å². The third kappa shape index (κ3) is 5.93. The highest BCUT2D eigenvalue weighted by Gasteiger charge is 2.09. The van der Waals surface area contributed by atoms with Crippen LogP contribution in [0.15, 0.2) is 29.8 Å². The zero-order valence-electron chi connectivity index (χ0n) is 11.9. The molecular formula is C16H22ClNO. The van der Waals surface area contributed by atoms with Gasteiger partial charge >= 0.3 is 0 Å². The summed E-state index contributed by atoms with van der Waals surface area (Å²) in [4.78, 5) is 12.1. The predicted molar refractivity (Wildman–Crippen MR) is 82.2 cm³/mol. The number of nitrogens with one attached hydrogen (secondary N) is 1. The normalized spacial score (nSPS) is 11.7. The number of carbonyl (C=O) groups excluding carboxylic acids is 1. The van der Waals surface area contributed by atoms with Crippen molar-refractivity contribution in [1.82, 2.24) is 5.32 Å². The van der Waals surface area contributed by atoms with E-state index < -0.39 is 0 Å². The second kappa shape index (κ2) is 8.00. The first-order chi connectivity index (χ1) is 9.02. The van der Waals surface area contributed by atoms with Crippen molar-refractivity contribution in [3.63, 3.8) is 0 Å². The summed E-state index contributed by atoms with van der Waals surface area (Å²) in [5.74, 6) is 0.480. The van der Waals surface area contributed by atoms with Crippen LogP contribution in [0.4, 0.5) is 0 Å². The molecule has 0 fully saturated rings. The van der Waals surface area contributed by atoms with Crippen LogP contribution in [0.1, 0.15) is 39.2 Å². The van der Waals surface area contributed by atoms with Crippen molar-refractivity contribution in [3.8, 4) is 0 Å². The van der Waals surface area contributed by atoms with E-state index in [9.17, 15) is 4.79 Å². The first kappa shape index (κ1) is 15.8. The molecule has 0 aliphatic rings. The van der Waals surface area contributed by atoms with Gasteiger partial charge in [-0.15, -0.1) is 0 Å². The quantitative estimate of drug-likeness (QED) is 0.773. The van der Waals surface area contributed by atoms with Crippen molar-refractivity contribution in [2.75, 3.05) is 6.54 Å². The molecule has 104 valence electrons. The number of rotatable bonds is 6. The predicted octanol–water partition coefficient (Wildman–Crippen LogP) is 4.30. The Morgan fingerprint density at radius 3 is 2.74 bits per heavy atom. The Hall–Kier alpha value is -1.28. The fraction of sp³-hybridized carbons (Fsp3) is 0.438. The summed E-state index contributed by atoms with van der Waals surface area (Å²) < 4.78 is 0. The van der Waals surface area contributed by atoms with Gasteiger partial charge in [0, 0.05) is 17.1 Å². The van der Waals surface area contributed by atoms with E-state index in [1.165, 1.54) is 0 Å². The van der Waals surface area contributed by atoms with Gasteiger partial charge in [0.2, 0.25) is 5.91 Å². The number of benzene rings is 1. The van der Waals surface area contributed by atoms with Crippen LogP contribution in [0, 0.1) is 5.92 Å². The number of halogens is 1.